The third kappa shape index (κ3) is 1.85. The first-order valence-electron chi connectivity index (χ1n) is 4.15. The number of rotatable bonds is 3. The van der Waals surface area contributed by atoms with E-state index in [4.69, 9.17) is 9.47 Å². The van der Waals surface area contributed by atoms with Crippen LogP contribution in [0.2, 0.25) is 0 Å². The standard InChI is InChI=1S/C8H14O3/c1-3-5-7-6(4-2)10-8(9)11-7/h6-7H,3-5H2,1-2H3. The molecule has 1 saturated heterocycles. The maximum absolute atomic E-state index is 10.7. The smallest absolute Gasteiger partial charge is 0.427 e. The average Bonchev–Trinajstić information content (AvgIpc) is 2.32. The van der Waals surface area contributed by atoms with Crippen molar-refractivity contribution in [3.63, 3.8) is 0 Å². The normalized spacial score (nSPS) is 29.8. The molecule has 64 valence electrons. The molecule has 3 heteroatoms. The van der Waals surface area contributed by atoms with Crippen molar-refractivity contribution in [2.45, 2.75) is 45.3 Å². The van der Waals surface area contributed by atoms with E-state index in [0.717, 1.165) is 19.3 Å². The number of ether oxygens (including phenoxy) is 2. The highest BCUT2D eigenvalue weighted by molar-refractivity contribution is 5.62. The lowest BCUT2D eigenvalue weighted by molar-refractivity contribution is 0.114. The minimum Gasteiger partial charge on any atom is -0.427 e. The molecule has 1 aliphatic heterocycles. The maximum atomic E-state index is 10.7. The summed E-state index contributed by atoms with van der Waals surface area (Å²) in [6.45, 7) is 4.06. The Bertz CT molecular complexity index is 144. The second kappa shape index (κ2) is 3.60. The van der Waals surface area contributed by atoms with Crippen molar-refractivity contribution >= 4 is 6.16 Å². The van der Waals surface area contributed by atoms with E-state index in [1.807, 2.05) is 6.92 Å². The summed E-state index contributed by atoms with van der Waals surface area (Å²) in [6, 6.07) is 0. The fourth-order valence-electron chi connectivity index (χ4n) is 1.30. The van der Waals surface area contributed by atoms with Gasteiger partial charge in [-0.15, -0.1) is 0 Å². The number of cyclic esters (lactones) is 2. The van der Waals surface area contributed by atoms with Crippen LogP contribution in [0.1, 0.15) is 33.1 Å². The first-order valence-corrected chi connectivity index (χ1v) is 4.15. The highest BCUT2D eigenvalue weighted by atomic mass is 16.8. The highest BCUT2D eigenvalue weighted by Gasteiger charge is 2.34. The van der Waals surface area contributed by atoms with Gasteiger partial charge in [0, 0.05) is 0 Å². The summed E-state index contributed by atoms with van der Waals surface area (Å²) in [7, 11) is 0. The lowest BCUT2D eigenvalue weighted by Crippen LogP contribution is -2.20. The molecule has 2 unspecified atom stereocenters. The van der Waals surface area contributed by atoms with Crippen LogP contribution in [0.5, 0.6) is 0 Å². The quantitative estimate of drug-likeness (QED) is 0.590. The third-order valence-electron chi connectivity index (χ3n) is 1.89. The van der Waals surface area contributed by atoms with Gasteiger partial charge in [-0.1, -0.05) is 20.3 Å². The van der Waals surface area contributed by atoms with E-state index in [9.17, 15) is 4.79 Å². The molecule has 0 bridgehead atoms. The third-order valence-corrected chi connectivity index (χ3v) is 1.89. The second-order valence-corrected chi connectivity index (χ2v) is 2.76. The van der Waals surface area contributed by atoms with Crippen molar-refractivity contribution in [1.29, 1.82) is 0 Å². The fourth-order valence-corrected chi connectivity index (χ4v) is 1.30. The van der Waals surface area contributed by atoms with Crippen LogP contribution in [0.3, 0.4) is 0 Å². The number of hydrogen-bond donors (Lipinski definition) is 0. The zero-order valence-electron chi connectivity index (χ0n) is 7.00. The molecule has 0 aliphatic carbocycles. The minimum atomic E-state index is -0.504. The Morgan fingerprint density at radius 1 is 1.27 bits per heavy atom. The van der Waals surface area contributed by atoms with E-state index >= 15 is 0 Å². The predicted molar refractivity (Wildman–Crippen MR) is 40.3 cm³/mol. The Kier molecular flexibility index (Phi) is 2.74. The van der Waals surface area contributed by atoms with Crippen LogP contribution < -0.4 is 0 Å². The van der Waals surface area contributed by atoms with Crippen LogP contribution >= 0.6 is 0 Å². The van der Waals surface area contributed by atoms with Gasteiger partial charge in [-0.25, -0.2) is 4.79 Å². The molecular weight excluding hydrogens is 144 g/mol. The van der Waals surface area contributed by atoms with Crippen molar-refractivity contribution in [3.05, 3.63) is 0 Å². The SMILES string of the molecule is CCCC1OC(=O)OC1CC. The van der Waals surface area contributed by atoms with Gasteiger partial charge in [0.15, 0.2) is 0 Å². The fraction of sp³-hybridized carbons (Fsp3) is 0.875. The lowest BCUT2D eigenvalue weighted by Gasteiger charge is -2.11. The van der Waals surface area contributed by atoms with Crippen molar-refractivity contribution < 1.29 is 14.3 Å². The van der Waals surface area contributed by atoms with E-state index in [1.165, 1.54) is 0 Å². The number of carbonyl (C=O) groups is 1. The van der Waals surface area contributed by atoms with Gasteiger partial charge in [-0.2, -0.15) is 0 Å². The first-order chi connectivity index (χ1) is 5.27. The van der Waals surface area contributed by atoms with E-state index in [-0.39, 0.29) is 12.2 Å². The molecule has 1 fully saturated rings. The van der Waals surface area contributed by atoms with Crippen LogP contribution in [0, 0.1) is 0 Å². The number of carbonyl (C=O) groups excluding carboxylic acids is 1. The number of hydrogen-bond acceptors (Lipinski definition) is 3. The van der Waals surface area contributed by atoms with Crippen LogP contribution in [0.25, 0.3) is 0 Å². The Morgan fingerprint density at radius 3 is 2.45 bits per heavy atom. The molecule has 0 aromatic carbocycles. The van der Waals surface area contributed by atoms with Gasteiger partial charge in [0.1, 0.15) is 12.2 Å². The van der Waals surface area contributed by atoms with Gasteiger partial charge in [0.05, 0.1) is 0 Å². The van der Waals surface area contributed by atoms with Gasteiger partial charge in [-0.3, -0.25) is 0 Å². The second-order valence-electron chi connectivity index (χ2n) is 2.76. The Balaban J connectivity index is 2.43. The zero-order valence-corrected chi connectivity index (χ0v) is 7.00. The van der Waals surface area contributed by atoms with Gasteiger partial charge in [-0.05, 0) is 12.8 Å². The Labute approximate surface area is 66.7 Å². The molecule has 0 spiro atoms. The van der Waals surface area contributed by atoms with Crippen LogP contribution in [0.15, 0.2) is 0 Å². The molecule has 0 radical (unpaired) electrons. The predicted octanol–water partition coefficient (Wildman–Crippen LogP) is 2.10. The molecule has 0 saturated carbocycles. The summed E-state index contributed by atoms with van der Waals surface area (Å²) >= 11 is 0. The Hall–Kier alpha value is -0.730. The Morgan fingerprint density at radius 2 is 1.91 bits per heavy atom. The molecule has 1 heterocycles. The van der Waals surface area contributed by atoms with Crippen LogP contribution in [-0.2, 0) is 9.47 Å². The molecular formula is C8H14O3. The van der Waals surface area contributed by atoms with Crippen LogP contribution in [-0.4, -0.2) is 18.4 Å². The largest absolute Gasteiger partial charge is 0.509 e. The molecule has 0 amide bonds. The molecule has 1 aliphatic rings. The average molecular weight is 158 g/mol. The van der Waals surface area contributed by atoms with Gasteiger partial charge in [0.2, 0.25) is 0 Å². The van der Waals surface area contributed by atoms with E-state index in [2.05, 4.69) is 6.92 Å². The molecule has 11 heavy (non-hydrogen) atoms. The zero-order chi connectivity index (χ0) is 8.27. The van der Waals surface area contributed by atoms with Crippen molar-refractivity contribution in [3.8, 4) is 0 Å². The van der Waals surface area contributed by atoms with Crippen LogP contribution in [0.4, 0.5) is 4.79 Å². The molecule has 1 rings (SSSR count). The molecule has 0 aromatic heterocycles. The van der Waals surface area contributed by atoms with Gasteiger partial charge >= 0.3 is 6.16 Å². The summed E-state index contributed by atoms with van der Waals surface area (Å²) in [5.41, 5.74) is 0. The molecule has 0 aromatic rings. The summed E-state index contributed by atoms with van der Waals surface area (Å²) in [5.74, 6) is 0. The van der Waals surface area contributed by atoms with Crippen molar-refractivity contribution in [2.75, 3.05) is 0 Å². The summed E-state index contributed by atoms with van der Waals surface area (Å²) < 4.78 is 9.86. The summed E-state index contributed by atoms with van der Waals surface area (Å²) in [5, 5.41) is 0. The minimum absolute atomic E-state index is 0.00231. The highest BCUT2D eigenvalue weighted by Crippen LogP contribution is 2.21. The summed E-state index contributed by atoms with van der Waals surface area (Å²) in [6.07, 6.45) is 2.26. The van der Waals surface area contributed by atoms with E-state index in [1.54, 1.807) is 0 Å². The topological polar surface area (TPSA) is 35.5 Å². The van der Waals surface area contributed by atoms with Crippen molar-refractivity contribution in [2.24, 2.45) is 0 Å². The molecule has 2 atom stereocenters. The van der Waals surface area contributed by atoms with Gasteiger partial charge in [0.25, 0.3) is 0 Å². The lowest BCUT2D eigenvalue weighted by atomic mass is 10.1. The van der Waals surface area contributed by atoms with Crippen molar-refractivity contribution in [1.82, 2.24) is 0 Å². The van der Waals surface area contributed by atoms with E-state index in [0.29, 0.717) is 0 Å². The maximum Gasteiger partial charge on any atom is 0.509 e. The molecule has 0 N–H and O–H groups in total. The van der Waals surface area contributed by atoms with Gasteiger partial charge < -0.3 is 9.47 Å². The molecule has 3 nitrogen and oxygen atoms in total. The monoisotopic (exact) mass is 158 g/mol. The summed E-state index contributed by atoms with van der Waals surface area (Å²) in [4.78, 5) is 10.7. The first kappa shape index (κ1) is 8.37. The van der Waals surface area contributed by atoms with E-state index < -0.39 is 6.16 Å².